The lowest BCUT2D eigenvalue weighted by atomic mass is 10.0. The number of hydrogen-bond acceptors (Lipinski definition) is 4. The van der Waals surface area contributed by atoms with Crippen molar-refractivity contribution >= 4 is 11.8 Å². The van der Waals surface area contributed by atoms with Crippen molar-refractivity contribution in [3.63, 3.8) is 0 Å². The number of thioether (sulfide) groups is 1. The molecule has 0 aliphatic carbocycles. The first-order valence-corrected chi connectivity index (χ1v) is 5.76. The number of nitrogens with two attached hydrogens (primary N) is 1. The number of nitrogens with zero attached hydrogens (tertiary/aromatic N) is 1. The Kier molecular flexibility index (Phi) is 2.90. The summed E-state index contributed by atoms with van der Waals surface area (Å²) in [6.45, 7) is 0.475. The van der Waals surface area contributed by atoms with Gasteiger partial charge in [-0.05, 0) is 23.8 Å². The van der Waals surface area contributed by atoms with Crippen LogP contribution in [0, 0.1) is 5.92 Å². The van der Waals surface area contributed by atoms with Crippen LogP contribution in [0.4, 0.5) is 0 Å². The van der Waals surface area contributed by atoms with E-state index in [1.807, 2.05) is 17.8 Å². The van der Waals surface area contributed by atoms with Crippen LogP contribution in [0.5, 0.6) is 0 Å². The molecule has 1 aliphatic rings. The molecule has 2 rings (SSSR count). The standard InChI is InChI=1S/C9H14N2OS/c10-5-8-4-9(12-11-8)3-7-1-2-13-6-7/h4,7H,1-3,5-6,10H2. The van der Waals surface area contributed by atoms with E-state index in [-0.39, 0.29) is 0 Å². The summed E-state index contributed by atoms with van der Waals surface area (Å²) in [7, 11) is 0. The average molecular weight is 198 g/mol. The molecule has 4 heteroatoms. The molecule has 1 unspecified atom stereocenters. The molecule has 3 nitrogen and oxygen atoms in total. The van der Waals surface area contributed by atoms with E-state index < -0.39 is 0 Å². The zero-order valence-corrected chi connectivity index (χ0v) is 8.35. The minimum atomic E-state index is 0.475. The minimum Gasteiger partial charge on any atom is -0.361 e. The van der Waals surface area contributed by atoms with Gasteiger partial charge < -0.3 is 10.3 Å². The van der Waals surface area contributed by atoms with Crippen LogP contribution < -0.4 is 5.73 Å². The van der Waals surface area contributed by atoms with Gasteiger partial charge in [0.25, 0.3) is 0 Å². The van der Waals surface area contributed by atoms with Crippen LogP contribution in [-0.4, -0.2) is 16.7 Å². The SMILES string of the molecule is NCc1cc(CC2CCSC2)on1. The first-order chi connectivity index (χ1) is 6.38. The molecule has 0 spiro atoms. The lowest BCUT2D eigenvalue weighted by molar-refractivity contribution is 0.360. The summed E-state index contributed by atoms with van der Waals surface area (Å²) in [4.78, 5) is 0. The van der Waals surface area contributed by atoms with Gasteiger partial charge in [0, 0.05) is 19.0 Å². The summed E-state index contributed by atoms with van der Waals surface area (Å²) in [5, 5.41) is 3.87. The number of rotatable bonds is 3. The summed E-state index contributed by atoms with van der Waals surface area (Å²) in [6.07, 6.45) is 2.34. The van der Waals surface area contributed by atoms with Crippen LogP contribution in [0.15, 0.2) is 10.6 Å². The fourth-order valence-electron chi connectivity index (χ4n) is 1.58. The summed E-state index contributed by atoms with van der Waals surface area (Å²) < 4.78 is 5.18. The van der Waals surface area contributed by atoms with E-state index in [2.05, 4.69) is 5.16 Å². The van der Waals surface area contributed by atoms with E-state index in [9.17, 15) is 0 Å². The molecule has 0 amide bonds. The van der Waals surface area contributed by atoms with Crippen LogP contribution in [0.1, 0.15) is 17.9 Å². The van der Waals surface area contributed by atoms with Crippen LogP contribution in [-0.2, 0) is 13.0 Å². The van der Waals surface area contributed by atoms with Crippen molar-refractivity contribution < 1.29 is 4.52 Å². The highest BCUT2D eigenvalue weighted by atomic mass is 32.2. The van der Waals surface area contributed by atoms with Gasteiger partial charge in [0.05, 0.1) is 5.69 Å². The third kappa shape index (κ3) is 2.25. The monoisotopic (exact) mass is 198 g/mol. The fourth-order valence-corrected chi connectivity index (χ4v) is 2.86. The van der Waals surface area contributed by atoms with E-state index in [4.69, 9.17) is 10.3 Å². The normalized spacial score (nSPS) is 22.4. The molecule has 1 aromatic rings. The Morgan fingerprint density at radius 1 is 1.69 bits per heavy atom. The predicted octanol–water partition coefficient (Wildman–Crippen LogP) is 1.43. The molecule has 1 atom stereocenters. The van der Waals surface area contributed by atoms with Crippen LogP contribution in [0.2, 0.25) is 0 Å². The zero-order chi connectivity index (χ0) is 9.10. The molecule has 1 saturated heterocycles. The topological polar surface area (TPSA) is 52.0 Å². The first kappa shape index (κ1) is 9.09. The average Bonchev–Trinajstić information content (AvgIpc) is 2.76. The minimum absolute atomic E-state index is 0.475. The Hall–Kier alpha value is -0.480. The third-order valence-corrected chi connectivity index (χ3v) is 3.56. The second-order valence-corrected chi connectivity index (χ2v) is 4.57. The van der Waals surface area contributed by atoms with E-state index in [0.29, 0.717) is 6.54 Å². The highest BCUT2D eigenvalue weighted by Crippen LogP contribution is 2.26. The summed E-state index contributed by atoms with van der Waals surface area (Å²) in [5.41, 5.74) is 6.31. The Balaban J connectivity index is 1.92. The molecule has 1 fully saturated rings. The van der Waals surface area contributed by atoms with Crippen molar-refractivity contribution in [1.29, 1.82) is 0 Å². The lowest BCUT2D eigenvalue weighted by Crippen LogP contribution is -2.01. The molecular weight excluding hydrogens is 184 g/mol. The van der Waals surface area contributed by atoms with Gasteiger partial charge in [0.15, 0.2) is 0 Å². The van der Waals surface area contributed by atoms with E-state index in [1.54, 1.807) is 0 Å². The molecule has 0 bridgehead atoms. The lowest BCUT2D eigenvalue weighted by Gasteiger charge is -2.02. The second kappa shape index (κ2) is 4.15. The second-order valence-electron chi connectivity index (χ2n) is 3.42. The third-order valence-electron chi connectivity index (χ3n) is 2.33. The number of hydrogen-bond donors (Lipinski definition) is 1. The van der Waals surface area contributed by atoms with Gasteiger partial charge >= 0.3 is 0 Å². The molecule has 0 radical (unpaired) electrons. The molecule has 2 heterocycles. The predicted molar refractivity (Wildman–Crippen MR) is 53.5 cm³/mol. The highest BCUT2D eigenvalue weighted by molar-refractivity contribution is 7.99. The molecular formula is C9H14N2OS. The van der Waals surface area contributed by atoms with Gasteiger partial charge in [-0.2, -0.15) is 11.8 Å². The fraction of sp³-hybridized carbons (Fsp3) is 0.667. The van der Waals surface area contributed by atoms with Crippen molar-refractivity contribution in [3.8, 4) is 0 Å². The first-order valence-electron chi connectivity index (χ1n) is 4.61. The molecule has 13 heavy (non-hydrogen) atoms. The summed E-state index contributed by atoms with van der Waals surface area (Å²) in [5.74, 6) is 4.33. The largest absolute Gasteiger partial charge is 0.361 e. The highest BCUT2D eigenvalue weighted by Gasteiger charge is 2.17. The van der Waals surface area contributed by atoms with Gasteiger partial charge in [-0.25, -0.2) is 0 Å². The maximum absolute atomic E-state index is 5.44. The van der Waals surface area contributed by atoms with E-state index in [0.717, 1.165) is 23.8 Å². The molecule has 2 N–H and O–H groups in total. The van der Waals surface area contributed by atoms with Crippen molar-refractivity contribution in [2.24, 2.45) is 11.7 Å². The van der Waals surface area contributed by atoms with E-state index >= 15 is 0 Å². The van der Waals surface area contributed by atoms with E-state index in [1.165, 1.54) is 17.9 Å². The van der Waals surface area contributed by atoms with Crippen LogP contribution in [0.3, 0.4) is 0 Å². The van der Waals surface area contributed by atoms with Crippen molar-refractivity contribution in [1.82, 2.24) is 5.16 Å². The Morgan fingerprint density at radius 2 is 2.62 bits per heavy atom. The Bertz CT molecular complexity index is 268. The van der Waals surface area contributed by atoms with Gasteiger partial charge in [0.1, 0.15) is 5.76 Å². The molecule has 72 valence electrons. The maximum Gasteiger partial charge on any atom is 0.137 e. The Morgan fingerprint density at radius 3 is 3.23 bits per heavy atom. The van der Waals surface area contributed by atoms with Crippen molar-refractivity contribution in [2.45, 2.75) is 19.4 Å². The van der Waals surface area contributed by atoms with Crippen LogP contribution in [0.25, 0.3) is 0 Å². The molecule has 0 saturated carbocycles. The Labute approximate surface area is 82.0 Å². The zero-order valence-electron chi connectivity index (χ0n) is 7.53. The van der Waals surface area contributed by atoms with Crippen molar-refractivity contribution in [2.75, 3.05) is 11.5 Å². The van der Waals surface area contributed by atoms with Gasteiger partial charge in [-0.3, -0.25) is 0 Å². The molecule has 1 aliphatic heterocycles. The van der Waals surface area contributed by atoms with Gasteiger partial charge in [0.2, 0.25) is 0 Å². The van der Waals surface area contributed by atoms with Gasteiger partial charge in [-0.15, -0.1) is 0 Å². The molecule has 1 aromatic heterocycles. The number of aromatic nitrogens is 1. The van der Waals surface area contributed by atoms with Gasteiger partial charge in [-0.1, -0.05) is 5.16 Å². The summed E-state index contributed by atoms with van der Waals surface area (Å²) in [6, 6.07) is 1.98. The van der Waals surface area contributed by atoms with Crippen LogP contribution >= 0.6 is 11.8 Å². The van der Waals surface area contributed by atoms with Crippen molar-refractivity contribution in [3.05, 3.63) is 17.5 Å². The quantitative estimate of drug-likeness (QED) is 0.798. The maximum atomic E-state index is 5.44. The smallest absolute Gasteiger partial charge is 0.137 e. The molecule has 0 aromatic carbocycles. The summed E-state index contributed by atoms with van der Waals surface area (Å²) >= 11 is 2.03.